The van der Waals surface area contributed by atoms with Crippen LogP contribution in [-0.2, 0) is 0 Å². The first kappa shape index (κ1) is 16.1. The molecular formula is C17H24N4O. The van der Waals surface area contributed by atoms with Gasteiger partial charge in [0.1, 0.15) is 11.6 Å². The van der Waals surface area contributed by atoms with E-state index in [9.17, 15) is 0 Å². The Hall–Kier alpha value is -2.30. The number of nitrogens with one attached hydrogen (secondary N) is 2. The van der Waals surface area contributed by atoms with Gasteiger partial charge in [-0.3, -0.25) is 0 Å². The number of para-hydroxylation sites is 2. The fourth-order valence-electron chi connectivity index (χ4n) is 2.02. The summed E-state index contributed by atoms with van der Waals surface area (Å²) in [7, 11) is 0. The van der Waals surface area contributed by atoms with Crippen LogP contribution in [0.15, 0.2) is 30.3 Å². The molecule has 0 aliphatic heterocycles. The molecule has 0 aliphatic rings. The van der Waals surface area contributed by atoms with Crippen LogP contribution in [0.1, 0.15) is 32.9 Å². The van der Waals surface area contributed by atoms with Crippen molar-refractivity contribution in [2.45, 2.75) is 40.2 Å². The van der Waals surface area contributed by atoms with Crippen LogP contribution in [0.3, 0.4) is 0 Å². The molecule has 0 fully saturated rings. The quantitative estimate of drug-likeness (QED) is 0.805. The minimum absolute atomic E-state index is 0.114. The number of anilines is 3. The van der Waals surface area contributed by atoms with Gasteiger partial charge < -0.3 is 15.4 Å². The summed E-state index contributed by atoms with van der Waals surface area (Å²) in [5.41, 5.74) is 1.78. The summed E-state index contributed by atoms with van der Waals surface area (Å²) in [4.78, 5) is 8.94. The van der Waals surface area contributed by atoms with Gasteiger partial charge in [-0.05, 0) is 39.3 Å². The van der Waals surface area contributed by atoms with E-state index in [4.69, 9.17) is 4.74 Å². The molecule has 0 amide bonds. The van der Waals surface area contributed by atoms with Gasteiger partial charge in [-0.1, -0.05) is 19.1 Å². The zero-order valence-electron chi connectivity index (χ0n) is 13.7. The second kappa shape index (κ2) is 7.64. The molecule has 1 heterocycles. The molecule has 2 rings (SSSR count). The predicted molar refractivity (Wildman–Crippen MR) is 91.0 cm³/mol. The molecule has 1 aromatic heterocycles. The number of ether oxygens (including phenoxy) is 1. The molecule has 0 aliphatic carbocycles. The summed E-state index contributed by atoms with van der Waals surface area (Å²) < 4.78 is 5.81. The Labute approximate surface area is 132 Å². The maximum Gasteiger partial charge on any atom is 0.229 e. The number of aromatic nitrogens is 2. The number of nitrogens with zero attached hydrogens (tertiary/aromatic N) is 2. The van der Waals surface area contributed by atoms with Gasteiger partial charge in [-0.25, -0.2) is 4.98 Å². The number of benzene rings is 1. The van der Waals surface area contributed by atoms with Crippen LogP contribution in [0.25, 0.3) is 0 Å². The van der Waals surface area contributed by atoms with E-state index in [1.807, 2.05) is 51.1 Å². The van der Waals surface area contributed by atoms with E-state index in [2.05, 4.69) is 27.5 Å². The monoisotopic (exact) mass is 300 g/mol. The third-order valence-corrected chi connectivity index (χ3v) is 2.91. The van der Waals surface area contributed by atoms with E-state index >= 15 is 0 Å². The van der Waals surface area contributed by atoms with Crippen molar-refractivity contribution < 1.29 is 4.74 Å². The normalized spacial score (nSPS) is 10.6. The van der Waals surface area contributed by atoms with Gasteiger partial charge in [0.05, 0.1) is 11.8 Å². The fraction of sp³-hybridized carbons (Fsp3) is 0.412. The van der Waals surface area contributed by atoms with E-state index in [1.165, 1.54) is 0 Å². The summed E-state index contributed by atoms with van der Waals surface area (Å²) >= 11 is 0. The smallest absolute Gasteiger partial charge is 0.229 e. The van der Waals surface area contributed by atoms with Crippen molar-refractivity contribution in [1.29, 1.82) is 0 Å². The summed E-state index contributed by atoms with van der Waals surface area (Å²) in [6.45, 7) is 8.99. The highest BCUT2D eigenvalue weighted by atomic mass is 16.5. The van der Waals surface area contributed by atoms with Gasteiger partial charge in [0.15, 0.2) is 0 Å². The number of hydrogen-bond donors (Lipinski definition) is 2. The molecule has 118 valence electrons. The molecule has 0 bridgehead atoms. The van der Waals surface area contributed by atoms with Crippen molar-refractivity contribution in [3.8, 4) is 5.75 Å². The molecule has 22 heavy (non-hydrogen) atoms. The third kappa shape index (κ3) is 4.62. The topological polar surface area (TPSA) is 59.1 Å². The lowest BCUT2D eigenvalue weighted by atomic mass is 10.3. The van der Waals surface area contributed by atoms with E-state index in [-0.39, 0.29) is 6.10 Å². The molecule has 0 saturated carbocycles. The minimum atomic E-state index is 0.114. The third-order valence-electron chi connectivity index (χ3n) is 2.91. The Balaban J connectivity index is 2.21. The van der Waals surface area contributed by atoms with Crippen molar-refractivity contribution in [2.75, 3.05) is 17.2 Å². The number of aryl methyl sites for hydroxylation is 1. The SMILES string of the molecule is CCCNc1cc(C)nc(Nc2ccccc2OC(C)C)n1. The van der Waals surface area contributed by atoms with Crippen molar-refractivity contribution in [3.05, 3.63) is 36.0 Å². The Bertz CT molecular complexity index is 613. The molecule has 5 heteroatoms. The number of rotatable bonds is 7. The van der Waals surface area contributed by atoms with E-state index in [0.29, 0.717) is 5.95 Å². The predicted octanol–water partition coefficient (Wildman–Crippen LogP) is 4.14. The minimum Gasteiger partial charge on any atom is -0.489 e. The lowest BCUT2D eigenvalue weighted by Gasteiger charge is -2.15. The summed E-state index contributed by atoms with van der Waals surface area (Å²) in [5.74, 6) is 2.20. The standard InChI is InChI=1S/C17H24N4O/c1-5-10-18-16-11-13(4)19-17(21-16)20-14-8-6-7-9-15(14)22-12(2)3/h6-9,11-12H,5,10H2,1-4H3,(H2,18,19,20,21). The summed E-state index contributed by atoms with van der Waals surface area (Å²) in [5, 5.41) is 6.53. The van der Waals surface area contributed by atoms with Crippen LogP contribution in [0, 0.1) is 6.92 Å². The van der Waals surface area contributed by atoms with Crippen molar-refractivity contribution >= 4 is 17.5 Å². The van der Waals surface area contributed by atoms with Gasteiger partial charge in [-0.2, -0.15) is 4.98 Å². The van der Waals surface area contributed by atoms with Crippen molar-refractivity contribution in [3.63, 3.8) is 0 Å². The second-order valence-electron chi connectivity index (χ2n) is 5.43. The zero-order valence-corrected chi connectivity index (χ0v) is 13.7. The first-order chi connectivity index (χ1) is 10.6. The molecule has 5 nitrogen and oxygen atoms in total. The average molecular weight is 300 g/mol. The summed E-state index contributed by atoms with van der Waals surface area (Å²) in [6, 6.07) is 9.75. The van der Waals surface area contributed by atoms with Gasteiger partial charge in [-0.15, -0.1) is 0 Å². The van der Waals surface area contributed by atoms with Crippen LogP contribution < -0.4 is 15.4 Å². The zero-order chi connectivity index (χ0) is 15.9. The van der Waals surface area contributed by atoms with Crippen molar-refractivity contribution in [1.82, 2.24) is 9.97 Å². The number of hydrogen-bond acceptors (Lipinski definition) is 5. The molecule has 0 unspecified atom stereocenters. The van der Waals surface area contributed by atoms with Crippen LogP contribution in [0.5, 0.6) is 5.75 Å². The highest BCUT2D eigenvalue weighted by Gasteiger charge is 2.08. The lowest BCUT2D eigenvalue weighted by Crippen LogP contribution is -2.09. The van der Waals surface area contributed by atoms with E-state index in [1.54, 1.807) is 0 Å². The van der Waals surface area contributed by atoms with Gasteiger partial charge >= 0.3 is 0 Å². The molecule has 2 aromatic rings. The second-order valence-corrected chi connectivity index (χ2v) is 5.43. The maximum absolute atomic E-state index is 5.81. The first-order valence-corrected chi connectivity index (χ1v) is 7.70. The lowest BCUT2D eigenvalue weighted by molar-refractivity contribution is 0.244. The Morgan fingerprint density at radius 1 is 1.18 bits per heavy atom. The first-order valence-electron chi connectivity index (χ1n) is 7.70. The van der Waals surface area contributed by atoms with E-state index in [0.717, 1.165) is 35.9 Å². The Kier molecular flexibility index (Phi) is 5.58. The van der Waals surface area contributed by atoms with Gasteiger partial charge in [0.25, 0.3) is 0 Å². The highest BCUT2D eigenvalue weighted by molar-refractivity contribution is 5.63. The van der Waals surface area contributed by atoms with Crippen LogP contribution in [0.4, 0.5) is 17.5 Å². The Morgan fingerprint density at radius 2 is 1.95 bits per heavy atom. The molecular weight excluding hydrogens is 276 g/mol. The molecule has 0 radical (unpaired) electrons. The molecule has 0 saturated heterocycles. The highest BCUT2D eigenvalue weighted by Crippen LogP contribution is 2.27. The summed E-state index contributed by atoms with van der Waals surface area (Å²) in [6.07, 6.45) is 1.17. The van der Waals surface area contributed by atoms with Gasteiger partial charge in [0, 0.05) is 18.3 Å². The largest absolute Gasteiger partial charge is 0.489 e. The fourth-order valence-corrected chi connectivity index (χ4v) is 2.02. The van der Waals surface area contributed by atoms with E-state index < -0.39 is 0 Å². The van der Waals surface area contributed by atoms with Crippen LogP contribution in [-0.4, -0.2) is 22.6 Å². The maximum atomic E-state index is 5.81. The van der Waals surface area contributed by atoms with Crippen molar-refractivity contribution in [2.24, 2.45) is 0 Å². The van der Waals surface area contributed by atoms with Crippen LogP contribution >= 0.6 is 0 Å². The molecule has 2 N–H and O–H groups in total. The molecule has 0 atom stereocenters. The van der Waals surface area contributed by atoms with Gasteiger partial charge in [0.2, 0.25) is 5.95 Å². The Morgan fingerprint density at radius 3 is 2.68 bits per heavy atom. The average Bonchev–Trinajstić information content (AvgIpc) is 2.46. The molecule has 1 aromatic carbocycles. The van der Waals surface area contributed by atoms with Crippen LogP contribution in [0.2, 0.25) is 0 Å². The molecule has 0 spiro atoms.